The van der Waals surface area contributed by atoms with E-state index >= 15 is 0 Å². The highest BCUT2D eigenvalue weighted by Gasteiger charge is 2.20. The van der Waals surface area contributed by atoms with Crippen LogP contribution in [0.2, 0.25) is 0 Å². The Morgan fingerprint density at radius 3 is 2.43 bits per heavy atom. The molecule has 1 saturated heterocycles. The molecule has 5 aromatic rings. The molecule has 2 aromatic carbocycles. The molecule has 1 aliphatic rings. The van der Waals surface area contributed by atoms with E-state index in [1.54, 1.807) is 4.52 Å². The third-order valence-electron chi connectivity index (χ3n) is 6.53. The Morgan fingerprint density at radius 2 is 1.66 bits per heavy atom. The first-order valence-corrected chi connectivity index (χ1v) is 11.6. The van der Waals surface area contributed by atoms with E-state index in [4.69, 9.17) is 10.7 Å². The van der Waals surface area contributed by atoms with Crippen LogP contribution < -0.4 is 10.6 Å². The molecule has 0 saturated carbocycles. The van der Waals surface area contributed by atoms with Gasteiger partial charge in [0.1, 0.15) is 17.3 Å². The fourth-order valence-corrected chi connectivity index (χ4v) is 4.65. The van der Waals surface area contributed by atoms with Gasteiger partial charge in [-0.05, 0) is 18.2 Å². The fraction of sp³-hybridized carbons (Fsp3) is 0.240. The van der Waals surface area contributed by atoms with E-state index in [2.05, 4.69) is 19.5 Å². The predicted molar refractivity (Wildman–Crippen MR) is 131 cm³/mol. The number of anilines is 2. The first-order valence-electron chi connectivity index (χ1n) is 11.6. The predicted octanol–water partition coefficient (Wildman–Crippen LogP) is 3.43. The smallest absolute Gasteiger partial charge is 0.225 e. The molecule has 6 rings (SSSR count). The van der Waals surface area contributed by atoms with Gasteiger partial charge in [0.05, 0.1) is 11.1 Å². The SMILES string of the molecule is Nc1nc2c(ccn2CCN2CCN(c3ccc(F)cc3F)CC2)c2nc(-c3ccccc3)nn12. The van der Waals surface area contributed by atoms with Gasteiger partial charge < -0.3 is 15.2 Å². The number of hydrogen-bond donors (Lipinski definition) is 1. The molecule has 8 nitrogen and oxygen atoms in total. The van der Waals surface area contributed by atoms with Gasteiger partial charge in [-0.1, -0.05) is 30.3 Å². The molecule has 10 heteroatoms. The number of nitrogen functional groups attached to an aromatic ring is 1. The highest BCUT2D eigenvalue weighted by atomic mass is 19.1. The zero-order valence-electron chi connectivity index (χ0n) is 19.0. The van der Waals surface area contributed by atoms with Crippen molar-refractivity contribution >= 4 is 28.3 Å². The van der Waals surface area contributed by atoms with E-state index in [0.717, 1.165) is 48.8 Å². The van der Waals surface area contributed by atoms with Crippen molar-refractivity contribution in [3.8, 4) is 11.4 Å². The Balaban J connectivity index is 1.17. The van der Waals surface area contributed by atoms with E-state index in [0.29, 0.717) is 30.2 Å². The molecule has 0 bridgehead atoms. The van der Waals surface area contributed by atoms with Crippen molar-refractivity contribution in [3.63, 3.8) is 0 Å². The quantitative estimate of drug-likeness (QED) is 0.421. The van der Waals surface area contributed by atoms with Gasteiger partial charge in [0.25, 0.3) is 0 Å². The van der Waals surface area contributed by atoms with Crippen molar-refractivity contribution < 1.29 is 8.78 Å². The van der Waals surface area contributed by atoms with Crippen LogP contribution in [0.1, 0.15) is 0 Å². The summed E-state index contributed by atoms with van der Waals surface area (Å²) in [6.45, 7) is 4.50. The molecular weight excluding hydrogens is 450 g/mol. The maximum atomic E-state index is 14.1. The standard InChI is InChI=1S/C25H24F2N8/c26-18-6-7-21(20(27)16-18)33-13-10-32(11-14-33)12-15-34-9-8-19-23(34)30-25(28)35-24(19)29-22(31-35)17-4-2-1-3-5-17/h1-9,16H,10-15H2,(H2,28,30). The number of rotatable bonds is 5. The molecule has 1 aliphatic heterocycles. The lowest BCUT2D eigenvalue weighted by Gasteiger charge is -2.36. The topological polar surface area (TPSA) is 80.5 Å². The summed E-state index contributed by atoms with van der Waals surface area (Å²) in [5.74, 6) is -0.180. The molecule has 3 aromatic heterocycles. The monoisotopic (exact) mass is 474 g/mol. The lowest BCUT2D eigenvalue weighted by Crippen LogP contribution is -2.47. The summed E-state index contributed by atoms with van der Waals surface area (Å²) in [6.07, 6.45) is 2.00. The van der Waals surface area contributed by atoms with Crippen LogP contribution in [0, 0.1) is 11.6 Å². The van der Waals surface area contributed by atoms with E-state index in [-0.39, 0.29) is 5.95 Å². The number of nitrogens with two attached hydrogens (primary N) is 1. The largest absolute Gasteiger partial charge is 0.368 e. The molecule has 0 aliphatic carbocycles. The first kappa shape index (κ1) is 21.5. The van der Waals surface area contributed by atoms with Crippen LogP contribution >= 0.6 is 0 Å². The summed E-state index contributed by atoms with van der Waals surface area (Å²) in [5, 5.41) is 5.45. The Bertz CT molecular complexity index is 1500. The Kier molecular flexibility index (Phi) is 5.29. The Hall–Kier alpha value is -4.05. The second-order valence-corrected chi connectivity index (χ2v) is 8.68. The van der Waals surface area contributed by atoms with Gasteiger partial charge in [0.15, 0.2) is 11.5 Å². The van der Waals surface area contributed by atoms with Gasteiger partial charge in [-0.15, -0.1) is 5.10 Å². The molecule has 1 fully saturated rings. The Labute approximate surface area is 200 Å². The molecule has 2 N–H and O–H groups in total. The van der Waals surface area contributed by atoms with E-state index < -0.39 is 11.6 Å². The van der Waals surface area contributed by atoms with Crippen molar-refractivity contribution in [3.05, 3.63) is 72.4 Å². The van der Waals surface area contributed by atoms with Crippen molar-refractivity contribution in [1.82, 2.24) is 29.0 Å². The van der Waals surface area contributed by atoms with E-state index in [1.807, 2.05) is 47.5 Å². The van der Waals surface area contributed by atoms with Crippen molar-refractivity contribution in [2.24, 2.45) is 0 Å². The van der Waals surface area contributed by atoms with E-state index in [9.17, 15) is 8.78 Å². The number of fused-ring (bicyclic) bond motifs is 3. The zero-order valence-corrected chi connectivity index (χ0v) is 19.0. The number of hydrogen-bond acceptors (Lipinski definition) is 6. The highest BCUT2D eigenvalue weighted by Crippen LogP contribution is 2.25. The second kappa shape index (κ2) is 8.62. The second-order valence-electron chi connectivity index (χ2n) is 8.68. The molecule has 0 radical (unpaired) electrons. The van der Waals surface area contributed by atoms with Crippen molar-refractivity contribution in [1.29, 1.82) is 0 Å². The minimum absolute atomic E-state index is 0.289. The third kappa shape index (κ3) is 3.95. The highest BCUT2D eigenvalue weighted by molar-refractivity contribution is 5.91. The van der Waals surface area contributed by atoms with Gasteiger partial charge in [0, 0.05) is 57.1 Å². The number of halogens is 2. The summed E-state index contributed by atoms with van der Waals surface area (Å²) in [5.41, 5.74) is 9.06. The summed E-state index contributed by atoms with van der Waals surface area (Å²) < 4.78 is 31.0. The van der Waals surface area contributed by atoms with Crippen LogP contribution in [0.15, 0.2) is 60.8 Å². The molecule has 4 heterocycles. The van der Waals surface area contributed by atoms with Crippen LogP contribution in [0.5, 0.6) is 0 Å². The van der Waals surface area contributed by atoms with Crippen LogP contribution in [-0.4, -0.2) is 61.8 Å². The van der Waals surface area contributed by atoms with Crippen LogP contribution in [0.4, 0.5) is 20.4 Å². The molecule has 0 atom stereocenters. The lowest BCUT2D eigenvalue weighted by atomic mass is 10.2. The third-order valence-corrected chi connectivity index (χ3v) is 6.53. The lowest BCUT2D eigenvalue weighted by molar-refractivity contribution is 0.248. The number of piperazine rings is 1. The van der Waals surface area contributed by atoms with Crippen LogP contribution in [0.3, 0.4) is 0 Å². The van der Waals surface area contributed by atoms with Crippen molar-refractivity contribution in [2.75, 3.05) is 43.4 Å². The van der Waals surface area contributed by atoms with Gasteiger partial charge >= 0.3 is 0 Å². The van der Waals surface area contributed by atoms with Gasteiger partial charge in [-0.25, -0.2) is 13.8 Å². The first-order chi connectivity index (χ1) is 17.1. The molecule has 35 heavy (non-hydrogen) atoms. The number of nitrogens with zero attached hydrogens (tertiary/aromatic N) is 7. The Morgan fingerprint density at radius 1 is 0.857 bits per heavy atom. The maximum absolute atomic E-state index is 14.1. The van der Waals surface area contributed by atoms with Crippen LogP contribution in [-0.2, 0) is 6.54 Å². The number of aromatic nitrogens is 5. The summed E-state index contributed by atoms with van der Waals surface area (Å²) in [7, 11) is 0. The minimum Gasteiger partial charge on any atom is -0.368 e. The summed E-state index contributed by atoms with van der Waals surface area (Å²) in [6, 6.07) is 15.5. The molecule has 0 unspecified atom stereocenters. The zero-order chi connectivity index (χ0) is 23.9. The normalized spacial score (nSPS) is 14.9. The fourth-order valence-electron chi connectivity index (χ4n) is 4.65. The van der Waals surface area contributed by atoms with Crippen LogP contribution in [0.25, 0.3) is 28.1 Å². The average molecular weight is 475 g/mol. The summed E-state index contributed by atoms with van der Waals surface area (Å²) in [4.78, 5) is 13.6. The molecule has 178 valence electrons. The summed E-state index contributed by atoms with van der Waals surface area (Å²) >= 11 is 0. The molecular formula is C25H24F2N8. The maximum Gasteiger partial charge on any atom is 0.225 e. The average Bonchev–Trinajstić information content (AvgIpc) is 3.49. The van der Waals surface area contributed by atoms with Crippen molar-refractivity contribution in [2.45, 2.75) is 6.54 Å². The molecule has 0 amide bonds. The van der Waals surface area contributed by atoms with Gasteiger partial charge in [0.2, 0.25) is 5.95 Å². The molecule has 0 spiro atoms. The van der Waals surface area contributed by atoms with Gasteiger partial charge in [-0.3, -0.25) is 4.90 Å². The van der Waals surface area contributed by atoms with E-state index in [1.165, 1.54) is 12.1 Å². The number of benzene rings is 2. The van der Waals surface area contributed by atoms with Gasteiger partial charge in [-0.2, -0.15) is 9.50 Å². The minimum atomic E-state index is -0.558.